The normalized spacial score (nSPS) is 11.4. The maximum absolute atomic E-state index is 5.02. The Morgan fingerprint density at radius 2 is 2.00 bits per heavy atom. The van der Waals surface area contributed by atoms with Gasteiger partial charge in [-0.2, -0.15) is 0 Å². The number of rotatable bonds is 7. The average Bonchev–Trinajstić information content (AvgIpc) is 2.42. The van der Waals surface area contributed by atoms with E-state index in [1.54, 1.807) is 7.11 Å². The molecule has 5 heteroatoms. The fourth-order valence-corrected chi connectivity index (χ4v) is 1.79. The predicted octanol–water partition coefficient (Wildman–Crippen LogP) is 2.54. The zero-order valence-corrected chi connectivity index (χ0v) is 13.2. The molecule has 1 aromatic carbocycles. The Morgan fingerprint density at radius 1 is 1.26 bits per heavy atom. The standard InChI is InChI=1S/C14H22BrN3O/c1-3-16-14(17-9-4-10-19-2)18-11-12-5-7-13(15)8-6-12/h5-8H,3-4,9-11H2,1-2H3,(H2,16,17,18). The summed E-state index contributed by atoms with van der Waals surface area (Å²) in [5, 5.41) is 6.52. The van der Waals surface area contributed by atoms with Crippen LogP contribution in [0.4, 0.5) is 0 Å². The van der Waals surface area contributed by atoms with E-state index in [-0.39, 0.29) is 0 Å². The summed E-state index contributed by atoms with van der Waals surface area (Å²) >= 11 is 3.43. The molecule has 0 amide bonds. The Labute approximate surface area is 123 Å². The largest absolute Gasteiger partial charge is 0.385 e. The fraction of sp³-hybridized carbons (Fsp3) is 0.500. The molecular weight excluding hydrogens is 306 g/mol. The number of hydrogen-bond acceptors (Lipinski definition) is 2. The second kappa shape index (κ2) is 9.81. The third kappa shape index (κ3) is 7.18. The van der Waals surface area contributed by atoms with E-state index in [2.05, 4.69) is 50.6 Å². The smallest absolute Gasteiger partial charge is 0.191 e. The zero-order chi connectivity index (χ0) is 13.9. The monoisotopic (exact) mass is 327 g/mol. The van der Waals surface area contributed by atoms with Crippen LogP contribution in [-0.4, -0.2) is 32.8 Å². The Bertz CT molecular complexity index is 379. The van der Waals surface area contributed by atoms with E-state index >= 15 is 0 Å². The molecule has 0 fully saturated rings. The topological polar surface area (TPSA) is 45.7 Å². The molecule has 1 aromatic rings. The highest BCUT2D eigenvalue weighted by molar-refractivity contribution is 9.10. The third-order valence-corrected chi connectivity index (χ3v) is 3.02. The van der Waals surface area contributed by atoms with Crippen LogP contribution in [0.5, 0.6) is 0 Å². The minimum absolute atomic E-state index is 0.674. The molecular formula is C14H22BrN3O. The molecule has 0 atom stereocenters. The number of aliphatic imine (C=N–C) groups is 1. The lowest BCUT2D eigenvalue weighted by molar-refractivity contribution is 0.195. The average molecular weight is 328 g/mol. The molecule has 1 rings (SSSR count). The molecule has 0 saturated heterocycles. The molecule has 0 spiro atoms. The first-order valence-electron chi connectivity index (χ1n) is 6.51. The van der Waals surface area contributed by atoms with Crippen LogP contribution in [0, 0.1) is 0 Å². The van der Waals surface area contributed by atoms with E-state index in [9.17, 15) is 0 Å². The summed E-state index contributed by atoms with van der Waals surface area (Å²) in [6.45, 7) is 5.22. The summed E-state index contributed by atoms with van der Waals surface area (Å²) in [5.41, 5.74) is 1.19. The number of methoxy groups -OCH3 is 1. The van der Waals surface area contributed by atoms with Gasteiger partial charge in [-0.05, 0) is 31.0 Å². The molecule has 2 N–H and O–H groups in total. The maximum Gasteiger partial charge on any atom is 0.191 e. The van der Waals surface area contributed by atoms with Gasteiger partial charge in [0, 0.05) is 31.3 Å². The van der Waals surface area contributed by atoms with Gasteiger partial charge in [0.2, 0.25) is 0 Å². The van der Waals surface area contributed by atoms with Crippen LogP contribution in [0.15, 0.2) is 33.7 Å². The lowest BCUT2D eigenvalue weighted by atomic mass is 10.2. The van der Waals surface area contributed by atoms with Gasteiger partial charge in [0.1, 0.15) is 0 Å². The van der Waals surface area contributed by atoms with Gasteiger partial charge in [0.25, 0.3) is 0 Å². The number of benzene rings is 1. The van der Waals surface area contributed by atoms with Crippen molar-refractivity contribution in [3.63, 3.8) is 0 Å². The molecule has 0 unspecified atom stereocenters. The highest BCUT2D eigenvalue weighted by atomic mass is 79.9. The molecule has 0 aliphatic rings. The molecule has 0 aliphatic heterocycles. The van der Waals surface area contributed by atoms with Crippen molar-refractivity contribution in [3.8, 4) is 0 Å². The van der Waals surface area contributed by atoms with E-state index in [1.165, 1.54) is 5.56 Å². The second-order valence-corrected chi connectivity index (χ2v) is 5.01. The van der Waals surface area contributed by atoms with Crippen molar-refractivity contribution >= 4 is 21.9 Å². The van der Waals surface area contributed by atoms with E-state index in [0.29, 0.717) is 6.54 Å². The molecule has 0 aromatic heterocycles. The van der Waals surface area contributed by atoms with Gasteiger partial charge in [-0.15, -0.1) is 0 Å². The van der Waals surface area contributed by atoms with E-state index < -0.39 is 0 Å². The van der Waals surface area contributed by atoms with Gasteiger partial charge in [0.05, 0.1) is 6.54 Å². The summed E-state index contributed by atoms with van der Waals surface area (Å²) in [6.07, 6.45) is 0.971. The van der Waals surface area contributed by atoms with E-state index in [0.717, 1.165) is 36.5 Å². The highest BCUT2D eigenvalue weighted by Gasteiger charge is 1.97. The SMILES string of the molecule is CCNC(=NCc1ccc(Br)cc1)NCCCOC. The van der Waals surface area contributed by atoms with Gasteiger partial charge in [-0.3, -0.25) is 0 Å². The summed E-state index contributed by atoms with van der Waals surface area (Å²) in [4.78, 5) is 4.55. The van der Waals surface area contributed by atoms with Crippen molar-refractivity contribution in [1.82, 2.24) is 10.6 Å². The summed E-state index contributed by atoms with van der Waals surface area (Å²) in [6, 6.07) is 8.21. The van der Waals surface area contributed by atoms with Crippen molar-refractivity contribution in [3.05, 3.63) is 34.3 Å². The molecule has 0 heterocycles. The quantitative estimate of drug-likeness (QED) is 0.459. The lowest BCUT2D eigenvalue weighted by Crippen LogP contribution is -2.38. The van der Waals surface area contributed by atoms with Crippen LogP contribution < -0.4 is 10.6 Å². The van der Waals surface area contributed by atoms with Crippen molar-refractivity contribution in [2.45, 2.75) is 19.9 Å². The van der Waals surface area contributed by atoms with E-state index in [4.69, 9.17) is 4.74 Å². The van der Waals surface area contributed by atoms with Crippen molar-refractivity contribution in [2.75, 3.05) is 26.8 Å². The van der Waals surface area contributed by atoms with Crippen LogP contribution in [0.1, 0.15) is 18.9 Å². The Morgan fingerprint density at radius 3 is 2.63 bits per heavy atom. The molecule has 19 heavy (non-hydrogen) atoms. The van der Waals surface area contributed by atoms with Crippen molar-refractivity contribution in [1.29, 1.82) is 0 Å². The lowest BCUT2D eigenvalue weighted by Gasteiger charge is -2.11. The molecule has 0 saturated carbocycles. The fourth-order valence-electron chi connectivity index (χ4n) is 1.53. The number of guanidine groups is 1. The molecule has 106 valence electrons. The zero-order valence-electron chi connectivity index (χ0n) is 11.6. The highest BCUT2D eigenvalue weighted by Crippen LogP contribution is 2.10. The van der Waals surface area contributed by atoms with Gasteiger partial charge in [-0.1, -0.05) is 28.1 Å². The predicted molar refractivity (Wildman–Crippen MR) is 83.5 cm³/mol. The second-order valence-electron chi connectivity index (χ2n) is 4.09. The Hall–Kier alpha value is -1.07. The summed E-state index contributed by atoms with van der Waals surface area (Å²) in [5.74, 6) is 0.849. The molecule has 0 aliphatic carbocycles. The first kappa shape index (κ1) is 16.0. The van der Waals surface area contributed by atoms with Gasteiger partial charge < -0.3 is 15.4 Å². The molecule has 0 bridgehead atoms. The van der Waals surface area contributed by atoms with Gasteiger partial charge in [-0.25, -0.2) is 4.99 Å². The van der Waals surface area contributed by atoms with Crippen LogP contribution in [-0.2, 0) is 11.3 Å². The van der Waals surface area contributed by atoms with Crippen LogP contribution >= 0.6 is 15.9 Å². The number of nitrogens with zero attached hydrogens (tertiary/aromatic N) is 1. The van der Waals surface area contributed by atoms with Crippen LogP contribution in [0.2, 0.25) is 0 Å². The van der Waals surface area contributed by atoms with Crippen LogP contribution in [0.25, 0.3) is 0 Å². The van der Waals surface area contributed by atoms with Gasteiger partial charge >= 0.3 is 0 Å². The minimum Gasteiger partial charge on any atom is -0.385 e. The Balaban J connectivity index is 2.45. The van der Waals surface area contributed by atoms with E-state index in [1.807, 2.05) is 12.1 Å². The van der Waals surface area contributed by atoms with Crippen molar-refractivity contribution < 1.29 is 4.74 Å². The number of halogens is 1. The number of ether oxygens (including phenoxy) is 1. The number of hydrogen-bond donors (Lipinski definition) is 2. The molecule has 0 radical (unpaired) electrons. The summed E-state index contributed by atoms with van der Waals surface area (Å²) in [7, 11) is 1.72. The van der Waals surface area contributed by atoms with Crippen molar-refractivity contribution in [2.24, 2.45) is 4.99 Å². The number of nitrogens with one attached hydrogen (secondary N) is 2. The molecule has 4 nitrogen and oxygen atoms in total. The van der Waals surface area contributed by atoms with Gasteiger partial charge in [0.15, 0.2) is 5.96 Å². The first-order valence-corrected chi connectivity index (χ1v) is 7.31. The van der Waals surface area contributed by atoms with Crippen LogP contribution in [0.3, 0.4) is 0 Å². The summed E-state index contributed by atoms with van der Waals surface area (Å²) < 4.78 is 6.11. The first-order chi connectivity index (χ1) is 9.26. The Kier molecular flexibility index (Phi) is 8.25. The maximum atomic E-state index is 5.02. The third-order valence-electron chi connectivity index (χ3n) is 2.49. The minimum atomic E-state index is 0.674.